The molecule has 122 valence electrons. The zero-order valence-corrected chi connectivity index (χ0v) is 13.7. The maximum absolute atomic E-state index is 12.5. The van der Waals surface area contributed by atoms with Crippen LogP contribution in [0.1, 0.15) is 31.2 Å². The molecule has 5 nitrogen and oxygen atoms in total. The minimum atomic E-state index is 0.225. The Kier molecular flexibility index (Phi) is 6.07. The highest BCUT2D eigenvalue weighted by molar-refractivity contribution is 5.77. The lowest BCUT2D eigenvalue weighted by Crippen LogP contribution is -2.33. The van der Waals surface area contributed by atoms with Gasteiger partial charge in [0.25, 0.3) is 0 Å². The van der Waals surface area contributed by atoms with Crippen molar-refractivity contribution in [2.75, 3.05) is 27.8 Å². The summed E-state index contributed by atoms with van der Waals surface area (Å²) in [5.41, 5.74) is 0.996. The number of methoxy groups -OCH3 is 2. The van der Waals surface area contributed by atoms with Crippen LogP contribution in [0, 0.1) is 0 Å². The predicted octanol–water partition coefficient (Wildman–Crippen LogP) is 2.19. The first-order valence-electron chi connectivity index (χ1n) is 7.84. The number of benzene rings is 1. The second-order valence-electron chi connectivity index (χ2n) is 5.64. The molecule has 1 aliphatic rings. The van der Waals surface area contributed by atoms with Crippen molar-refractivity contribution in [1.29, 1.82) is 0 Å². The van der Waals surface area contributed by atoms with Gasteiger partial charge in [0.05, 0.1) is 14.2 Å². The molecule has 0 aromatic heterocycles. The SMILES string of the molecule is CNCCCC(=O)N(Cc1cc(OC)ccc1OC)C1CC1. The Bertz CT molecular complexity index is 501. The van der Waals surface area contributed by atoms with Crippen LogP contribution in [0.2, 0.25) is 0 Å². The van der Waals surface area contributed by atoms with E-state index in [0.717, 1.165) is 42.9 Å². The Morgan fingerprint density at radius 1 is 1.32 bits per heavy atom. The van der Waals surface area contributed by atoms with Gasteiger partial charge >= 0.3 is 0 Å². The van der Waals surface area contributed by atoms with Gasteiger partial charge in [-0.3, -0.25) is 4.79 Å². The van der Waals surface area contributed by atoms with E-state index in [0.29, 0.717) is 19.0 Å². The summed E-state index contributed by atoms with van der Waals surface area (Å²) in [5.74, 6) is 1.81. The minimum Gasteiger partial charge on any atom is -0.497 e. The van der Waals surface area contributed by atoms with Gasteiger partial charge in [-0.05, 0) is 51.1 Å². The lowest BCUT2D eigenvalue weighted by atomic mass is 10.1. The van der Waals surface area contributed by atoms with Gasteiger partial charge in [0.15, 0.2) is 0 Å². The highest BCUT2D eigenvalue weighted by atomic mass is 16.5. The summed E-state index contributed by atoms with van der Waals surface area (Å²) >= 11 is 0. The second-order valence-corrected chi connectivity index (χ2v) is 5.64. The lowest BCUT2D eigenvalue weighted by molar-refractivity contribution is -0.132. The monoisotopic (exact) mass is 306 g/mol. The molecule has 2 rings (SSSR count). The molecular formula is C17H26N2O3. The third-order valence-corrected chi connectivity index (χ3v) is 3.95. The summed E-state index contributed by atoms with van der Waals surface area (Å²) in [6.07, 6.45) is 3.66. The Morgan fingerprint density at radius 3 is 2.68 bits per heavy atom. The van der Waals surface area contributed by atoms with E-state index in [9.17, 15) is 4.79 Å². The number of nitrogens with one attached hydrogen (secondary N) is 1. The second kappa shape index (κ2) is 8.03. The molecule has 1 aliphatic carbocycles. The number of ether oxygens (including phenoxy) is 2. The first-order chi connectivity index (χ1) is 10.7. The van der Waals surface area contributed by atoms with Gasteiger partial charge in [-0.2, -0.15) is 0 Å². The van der Waals surface area contributed by atoms with Crippen molar-refractivity contribution in [3.8, 4) is 11.5 Å². The number of hydrogen-bond acceptors (Lipinski definition) is 4. The largest absolute Gasteiger partial charge is 0.497 e. The third-order valence-electron chi connectivity index (χ3n) is 3.95. The molecule has 1 saturated carbocycles. The molecule has 0 heterocycles. The van der Waals surface area contributed by atoms with Gasteiger partial charge < -0.3 is 19.7 Å². The Balaban J connectivity index is 2.08. The number of nitrogens with zero attached hydrogens (tertiary/aromatic N) is 1. The van der Waals surface area contributed by atoms with Crippen molar-refractivity contribution >= 4 is 5.91 Å². The van der Waals surface area contributed by atoms with E-state index < -0.39 is 0 Å². The first-order valence-corrected chi connectivity index (χ1v) is 7.84. The fourth-order valence-electron chi connectivity index (χ4n) is 2.56. The van der Waals surface area contributed by atoms with Gasteiger partial charge in [-0.25, -0.2) is 0 Å². The number of carbonyl (C=O) groups is 1. The predicted molar refractivity (Wildman–Crippen MR) is 86.3 cm³/mol. The van der Waals surface area contributed by atoms with Gasteiger partial charge in [0.2, 0.25) is 5.91 Å². The van der Waals surface area contributed by atoms with Crippen molar-refractivity contribution in [3.63, 3.8) is 0 Å². The standard InChI is InChI=1S/C17H26N2O3/c1-18-10-4-5-17(20)19(14-6-7-14)12-13-11-15(21-2)8-9-16(13)22-3/h8-9,11,14,18H,4-7,10,12H2,1-3H3. The molecule has 1 aromatic rings. The highest BCUT2D eigenvalue weighted by Gasteiger charge is 2.32. The number of carbonyl (C=O) groups excluding carboxylic acids is 1. The lowest BCUT2D eigenvalue weighted by Gasteiger charge is -2.24. The van der Waals surface area contributed by atoms with Crippen molar-refractivity contribution in [1.82, 2.24) is 10.2 Å². The molecule has 1 amide bonds. The van der Waals surface area contributed by atoms with Gasteiger partial charge in [-0.1, -0.05) is 0 Å². The van der Waals surface area contributed by atoms with E-state index in [1.807, 2.05) is 30.1 Å². The third kappa shape index (κ3) is 4.37. The van der Waals surface area contributed by atoms with Crippen molar-refractivity contribution in [2.24, 2.45) is 0 Å². The molecule has 0 atom stereocenters. The Hall–Kier alpha value is -1.75. The maximum Gasteiger partial charge on any atom is 0.223 e. The van der Waals surface area contributed by atoms with Crippen LogP contribution in [-0.2, 0) is 11.3 Å². The van der Waals surface area contributed by atoms with Crippen molar-refractivity contribution in [3.05, 3.63) is 23.8 Å². The zero-order chi connectivity index (χ0) is 15.9. The summed E-state index contributed by atoms with van der Waals surface area (Å²) in [4.78, 5) is 14.5. The minimum absolute atomic E-state index is 0.225. The average molecular weight is 306 g/mol. The highest BCUT2D eigenvalue weighted by Crippen LogP contribution is 2.32. The van der Waals surface area contributed by atoms with Crippen LogP contribution < -0.4 is 14.8 Å². The van der Waals surface area contributed by atoms with Gasteiger partial charge in [0.1, 0.15) is 11.5 Å². The summed E-state index contributed by atoms with van der Waals surface area (Å²) in [7, 11) is 5.21. The molecule has 0 spiro atoms. The van der Waals surface area contributed by atoms with E-state index in [1.165, 1.54) is 0 Å². The van der Waals surface area contributed by atoms with E-state index in [1.54, 1.807) is 14.2 Å². The number of amides is 1. The molecule has 22 heavy (non-hydrogen) atoms. The summed E-state index contributed by atoms with van der Waals surface area (Å²) in [6.45, 7) is 1.45. The molecule has 0 saturated heterocycles. The fraction of sp³-hybridized carbons (Fsp3) is 0.588. The number of hydrogen-bond donors (Lipinski definition) is 1. The summed E-state index contributed by atoms with van der Waals surface area (Å²) in [5, 5.41) is 3.08. The molecule has 1 aromatic carbocycles. The molecule has 0 radical (unpaired) electrons. The van der Waals surface area contributed by atoms with E-state index in [-0.39, 0.29) is 5.91 Å². The fourth-order valence-corrected chi connectivity index (χ4v) is 2.56. The normalized spacial score (nSPS) is 13.8. The Morgan fingerprint density at radius 2 is 2.09 bits per heavy atom. The van der Waals surface area contributed by atoms with Crippen LogP contribution in [0.5, 0.6) is 11.5 Å². The van der Waals surface area contributed by atoms with Crippen LogP contribution in [0.3, 0.4) is 0 Å². The quantitative estimate of drug-likeness (QED) is 0.711. The van der Waals surface area contributed by atoms with Crippen molar-refractivity contribution < 1.29 is 14.3 Å². The van der Waals surface area contributed by atoms with Crippen molar-refractivity contribution in [2.45, 2.75) is 38.3 Å². The van der Waals surface area contributed by atoms with E-state index >= 15 is 0 Å². The Labute approximate surface area is 132 Å². The summed E-state index contributed by atoms with van der Waals surface area (Å²) < 4.78 is 10.7. The van der Waals surface area contributed by atoms with E-state index in [4.69, 9.17) is 9.47 Å². The maximum atomic E-state index is 12.5. The van der Waals surface area contributed by atoms with E-state index in [2.05, 4.69) is 5.32 Å². The molecular weight excluding hydrogens is 280 g/mol. The number of rotatable bonds is 9. The molecule has 5 heteroatoms. The summed E-state index contributed by atoms with van der Waals surface area (Å²) in [6, 6.07) is 6.11. The molecule has 0 aliphatic heterocycles. The molecule has 1 N–H and O–H groups in total. The van der Waals surface area contributed by atoms with Gasteiger partial charge in [0, 0.05) is 24.6 Å². The average Bonchev–Trinajstić information content (AvgIpc) is 3.37. The van der Waals surface area contributed by atoms with Gasteiger partial charge in [-0.15, -0.1) is 0 Å². The first kappa shape index (κ1) is 16.6. The van der Waals surface area contributed by atoms with Crippen LogP contribution in [-0.4, -0.2) is 44.7 Å². The molecule has 0 bridgehead atoms. The van der Waals surface area contributed by atoms with Crippen LogP contribution >= 0.6 is 0 Å². The van der Waals surface area contributed by atoms with Crippen LogP contribution in [0.4, 0.5) is 0 Å². The molecule has 1 fully saturated rings. The van der Waals surface area contributed by atoms with Crippen LogP contribution in [0.15, 0.2) is 18.2 Å². The smallest absolute Gasteiger partial charge is 0.223 e. The van der Waals surface area contributed by atoms with Crippen LogP contribution in [0.25, 0.3) is 0 Å². The molecule has 0 unspecified atom stereocenters. The topological polar surface area (TPSA) is 50.8 Å². The zero-order valence-electron chi connectivity index (χ0n) is 13.7.